The summed E-state index contributed by atoms with van der Waals surface area (Å²) >= 11 is 6.12. The molecule has 0 saturated heterocycles. The van der Waals surface area contributed by atoms with Crippen LogP contribution >= 0.6 is 11.6 Å². The molecule has 1 unspecified atom stereocenters. The van der Waals surface area contributed by atoms with Gasteiger partial charge in [-0.2, -0.15) is 4.98 Å². The minimum Gasteiger partial charge on any atom is -0.340 e. The first-order valence-corrected chi connectivity index (χ1v) is 9.05. The third kappa shape index (κ3) is 4.35. The molecule has 1 atom stereocenters. The van der Waals surface area contributed by atoms with Gasteiger partial charge in [-0.05, 0) is 23.6 Å². The first-order valence-electron chi connectivity index (χ1n) is 8.68. The van der Waals surface area contributed by atoms with Gasteiger partial charge in [-0.25, -0.2) is 0 Å². The number of hydrogen-bond donors (Lipinski definition) is 2. The van der Waals surface area contributed by atoms with Crippen molar-refractivity contribution in [1.29, 1.82) is 0 Å². The summed E-state index contributed by atoms with van der Waals surface area (Å²) in [7, 11) is 0. The average Bonchev–Trinajstić information content (AvgIpc) is 3.16. The average molecular weight is 385 g/mol. The molecule has 1 amide bonds. The van der Waals surface area contributed by atoms with Gasteiger partial charge >= 0.3 is 0 Å². The maximum absolute atomic E-state index is 12.6. The third-order valence-corrected chi connectivity index (χ3v) is 4.56. The minimum absolute atomic E-state index is 0.0457. The van der Waals surface area contributed by atoms with Crippen LogP contribution in [0.1, 0.15) is 41.7 Å². The second-order valence-electron chi connectivity index (χ2n) is 6.53. The van der Waals surface area contributed by atoms with E-state index >= 15 is 0 Å². The summed E-state index contributed by atoms with van der Waals surface area (Å²) in [6.45, 7) is 4.41. The number of nitrogens with two attached hydrogens (primary N) is 1. The predicted octanol–water partition coefficient (Wildman–Crippen LogP) is 3.98. The van der Waals surface area contributed by atoms with Crippen LogP contribution in [0.4, 0.5) is 0 Å². The lowest BCUT2D eigenvalue weighted by Crippen LogP contribution is -2.32. The van der Waals surface area contributed by atoms with E-state index in [0.717, 1.165) is 11.1 Å². The summed E-state index contributed by atoms with van der Waals surface area (Å²) in [6.07, 6.45) is 0. The minimum atomic E-state index is -0.432. The highest BCUT2D eigenvalue weighted by molar-refractivity contribution is 6.33. The van der Waals surface area contributed by atoms with Crippen LogP contribution < -0.4 is 11.1 Å². The molecule has 0 radical (unpaired) electrons. The van der Waals surface area contributed by atoms with Crippen molar-refractivity contribution in [2.45, 2.75) is 26.4 Å². The standard InChI is InChI=1S/C20H21ClN4O2/c1-12(2)17(23-19(26)15-5-3-4-6-16(15)21)20-24-18(25-27-20)14-9-7-13(11-22)8-10-14/h3-10,12,17H,11,22H2,1-2H3,(H,23,26). The van der Waals surface area contributed by atoms with Crippen LogP contribution in [-0.4, -0.2) is 16.0 Å². The third-order valence-electron chi connectivity index (χ3n) is 4.23. The van der Waals surface area contributed by atoms with Crippen LogP contribution in [0.25, 0.3) is 11.4 Å². The Bertz CT molecular complexity index is 922. The molecule has 0 bridgehead atoms. The van der Waals surface area contributed by atoms with Crippen molar-refractivity contribution in [1.82, 2.24) is 15.5 Å². The number of halogens is 1. The predicted molar refractivity (Wildman–Crippen MR) is 104 cm³/mol. The number of nitrogens with zero attached hydrogens (tertiary/aromatic N) is 2. The highest BCUT2D eigenvalue weighted by atomic mass is 35.5. The number of carbonyl (C=O) groups excluding carboxylic acids is 1. The van der Waals surface area contributed by atoms with Crippen LogP contribution in [0.2, 0.25) is 5.02 Å². The van der Waals surface area contributed by atoms with Gasteiger partial charge in [-0.3, -0.25) is 4.79 Å². The molecule has 0 aliphatic rings. The van der Waals surface area contributed by atoms with Crippen molar-refractivity contribution in [3.63, 3.8) is 0 Å². The maximum atomic E-state index is 12.6. The van der Waals surface area contributed by atoms with Crippen molar-refractivity contribution < 1.29 is 9.32 Å². The van der Waals surface area contributed by atoms with Gasteiger partial charge in [0.25, 0.3) is 5.91 Å². The fourth-order valence-corrected chi connectivity index (χ4v) is 2.87. The van der Waals surface area contributed by atoms with Crippen LogP contribution in [0, 0.1) is 5.92 Å². The van der Waals surface area contributed by atoms with Gasteiger partial charge in [0.15, 0.2) is 0 Å². The smallest absolute Gasteiger partial charge is 0.253 e. The number of rotatable bonds is 6. The number of nitrogens with one attached hydrogen (secondary N) is 1. The number of hydrogen-bond acceptors (Lipinski definition) is 5. The van der Waals surface area contributed by atoms with Gasteiger partial charge in [0.1, 0.15) is 6.04 Å². The topological polar surface area (TPSA) is 94.0 Å². The molecule has 27 heavy (non-hydrogen) atoms. The van der Waals surface area contributed by atoms with E-state index in [1.54, 1.807) is 24.3 Å². The lowest BCUT2D eigenvalue weighted by atomic mass is 10.0. The van der Waals surface area contributed by atoms with Gasteiger partial charge in [0, 0.05) is 12.1 Å². The summed E-state index contributed by atoms with van der Waals surface area (Å²) in [5.41, 5.74) is 7.87. The van der Waals surface area contributed by atoms with E-state index in [9.17, 15) is 4.79 Å². The van der Waals surface area contributed by atoms with Gasteiger partial charge in [-0.1, -0.05) is 67.0 Å². The van der Waals surface area contributed by atoms with E-state index < -0.39 is 6.04 Å². The molecule has 7 heteroatoms. The van der Waals surface area contributed by atoms with Crippen molar-refractivity contribution >= 4 is 17.5 Å². The fourth-order valence-electron chi connectivity index (χ4n) is 2.65. The second kappa shape index (κ2) is 8.33. The second-order valence-corrected chi connectivity index (χ2v) is 6.94. The van der Waals surface area contributed by atoms with E-state index in [1.165, 1.54) is 0 Å². The number of aromatic nitrogens is 2. The largest absolute Gasteiger partial charge is 0.340 e. The Balaban J connectivity index is 1.82. The Morgan fingerprint density at radius 3 is 2.52 bits per heavy atom. The lowest BCUT2D eigenvalue weighted by Gasteiger charge is -2.18. The van der Waals surface area contributed by atoms with Crippen LogP contribution in [0.5, 0.6) is 0 Å². The lowest BCUT2D eigenvalue weighted by molar-refractivity contribution is 0.0914. The van der Waals surface area contributed by atoms with E-state index in [-0.39, 0.29) is 11.8 Å². The molecule has 3 N–H and O–H groups in total. The SMILES string of the molecule is CC(C)C(NC(=O)c1ccccc1Cl)c1nc(-c2ccc(CN)cc2)no1. The summed E-state index contributed by atoms with van der Waals surface area (Å²) in [6, 6.07) is 14.1. The van der Waals surface area contributed by atoms with Crippen molar-refractivity contribution in [2.24, 2.45) is 11.7 Å². The van der Waals surface area contributed by atoms with Gasteiger partial charge in [0.05, 0.1) is 10.6 Å². The summed E-state index contributed by atoms with van der Waals surface area (Å²) in [5, 5.41) is 7.38. The van der Waals surface area contributed by atoms with Gasteiger partial charge in [0.2, 0.25) is 11.7 Å². The van der Waals surface area contributed by atoms with E-state index in [2.05, 4.69) is 15.5 Å². The van der Waals surface area contributed by atoms with Gasteiger partial charge < -0.3 is 15.6 Å². The highest BCUT2D eigenvalue weighted by Gasteiger charge is 2.26. The van der Waals surface area contributed by atoms with Gasteiger partial charge in [-0.15, -0.1) is 0 Å². The summed E-state index contributed by atoms with van der Waals surface area (Å²) < 4.78 is 5.43. The van der Waals surface area contributed by atoms with Crippen LogP contribution in [-0.2, 0) is 6.54 Å². The molecule has 0 spiro atoms. The van der Waals surface area contributed by atoms with Crippen molar-refractivity contribution in [2.75, 3.05) is 0 Å². The molecule has 1 aromatic heterocycles. The van der Waals surface area contributed by atoms with E-state index in [4.69, 9.17) is 21.9 Å². The Morgan fingerprint density at radius 2 is 1.89 bits per heavy atom. The Morgan fingerprint density at radius 1 is 1.19 bits per heavy atom. The van der Waals surface area contributed by atoms with Crippen LogP contribution in [0.15, 0.2) is 53.1 Å². The van der Waals surface area contributed by atoms with Crippen molar-refractivity contribution in [3.8, 4) is 11.4 Å². The number of benzene rings is 2. The Hall–Kier alpha value is -2.70. The molecule has 140 valence electrons. The summed E-state index contributed by atoms with van der Waals surface area (Å²) in [4.78, 5) is 17.1. The molecule has 0 aliphatic heterocycles. The highest BCUT2D eigenvalue weighted by Crippen LogP contribution is 2.25. The van der Waals surface area contributed by atoms with E-state index in [1.807, 2.05) is 38.1 Å². The van der Waals surface area contributed by atoms with Crippen LogP contribution in [0.3, 0.4) is 0 Å². The normalized spacial score (nSPS) is 12.2. The van der Waals surface area contributed by atoms with E-state index in [0.29, 0.717) is 28.8 Å². The monoisotopic (exact) mass is 384 g/mol. The Labute approximate surface area is 162 Å². The maximum Gasteiger partial charge on any atom is 0.253 e. The molecule has 2 aromatic carbocycles. The fraction of sp³-hybridized carbons (Fsp3) is 0.250. The first kappa shape index (κ1) is 19.1. The molecule has 3 aromatic rings. The van der Waals surface area contributed by atoms with Crippen molar-refractivity contribution in [3.05, 3.63) is 70.6 Å². The quantitative estimate of drug-likeness (QED) is 0.670. The zero-order valence-corrected chi connectivity index (χ0v) is 15.9. The number of amides is 1. The number of carbonyl (C=O) groups is 1. The molecular weight excluding hydrogens is 364 g/mol. The molecule has 3 rings (SSSR count). The summed E-state index contributed by atoms with van der Waals surface area (Å²) in [5.74, 6) is 0.574. The molecule has 1 heterocycles. The molecule has 6 nitrogen and oxygen atoms in total. The first-order chi connectivity index (χ1) is 13.0. The zero-order chi connectivity index (χ0) is 19.4. The molecule has 0 aliphatic carbocycles. The molecular formula is C20H21ClN4O2. The molecule has 0 saturated carbocycles. The Kier molecular flexibility index (Phi) is 5.88. The zero-order valence-electron chi connectivity index (χ0n) is 15.1. The molecule has 0 fully saturated rings.